The number of carbonyl (C=O) groups excluding carboxylic acids is 1. The molecule has 0 saturated heterocycles. The summed E-state index contributed by atoms with van der Waals surface area (Å²) >= 11 is 0. The van der Waals surface area contributed by atoms with Crippen LogP contribution < -0.4 is 10.1 Å². The van der Waals surface area contributed by atoms with Gasteiger partial charge in [0.25, 0.3) is 5.91 Å². The van der Waals surface area contributed by atoms with Crippen molar-refractivity contribution in [3.8, 4) is 5.75 Å². The highest BCUT2D eigenvalue weighted by atomic mass is 19.2. The topological polar surface area (TPSA) is 72.3 Å². The van der Waals surface area contributed by atoms with Gasteiger partial charge in [0.1, 0.15) is 11.6 Å². The van der Waals surface area contributed by atoms with Crippen molar-refractivity contribution in [2.24, 2.45) is 0 Å². The maximum Gasteiger partial charge on any atom is 0.258 e. The van der Waals surface area contributed by atoms with E-state index in [2.05, 4.69) is 20.4 Å². The number of benzene rings is 2. The van der Waals surface area contributed by atoms with E-state index >= 15 is 0 Å². The number of hydrogen-bond donors (Lipinski definition) is 1. The fraction of sp³-hybridized carbons (Fsp3) is 0.348. The predicted octanol–water partition coefficient (Wildman–Crippen LogP) is 2.87. The summed E-state index contributed by atoms with van der Waals surface area (Å²) in [5.41, 5.74) is 0.723. The molecule has 2 heterocycles. The zero-order valence-electron chi connectivity index (χ0n) is 17.8. The van der Waals surface area contributed by atoms with E-state index in [0.29, 0.717) is 37.6 Å². The summed E-state index contributed by atoms with van der Waals surface area (Å²) < 4.78 is 34.2. The lowest BCUT2D eigenvalue weighted by Crippen LogP contribution is -2.33. The molecular formula is C23H25F2N5O2. The second-order valence-electron chi connectivity index (χ2n) is 7.79. The third-order valence-electron chi connectivity index (χ3n) is 5.42. The van der Waals surface area contributed by atoms with E-state index in [0.717, 1.165) is 24.0 Å². The first-order valence-electron chi connectivity index (χ1n) is 10.5. The molecule has 3 aromatic rings. The van der Waals surface area contributed by atoms with Crippen LogP contribution in [0.2, 0.25) is 0 Å². The molecule has 2 aromatic carbocycles. The molecule has 7 nitrogen and oxygen atoms in total. The Morgan fingerprint density at radius 3 is 2.69 bits per heavy atom. The van der Waals surface area contributed by atoms with Crippen molar-refractivity contribution in [2.45, 2.75) is 32.5 Å². The molecule has 1 N–H and O–H groups in total. The Balaban J connectivity index is 1.34. The van der Waals surface area contributed by atoms with E-state index in [1.165, 1.54) is 6.07 Å². The standard InChI is InChI=1S/C23H25F2N5O2/c1-16(26-22(31)15-32-18-5-3-2-4-6-18)23-28-27-21-9-10-29(11-12-30(21)23)14-17-7-8-19(24)20(25)13-17/h2-8,13,16H,9-12,14-15H2,1H3,(H,26,31)/t16-/m1/s1. The van der Waals surface area contributed by atoms with Gasteiger partial charge in [0.15, 0.2) is 24.1 Å². The number of aromatic nitrogens is 3. The quantitative estimate of drug-likeness (QED) is 0.611. The van der Waals surface area contributed by atoms with Crippen LogP contribution in [-0.2, 0) is 24.3 Å². The van der Waals surface area contributed by atoms with Crippen molar-refractivity contribution in [1.29, 1.82) is 0 Å². The fourth-order valence-corrected chi connectivity index (χ4v) is 3.78. The summed E-state index contributed by atoms with van der Waals surface area (Å²) in [6.45, 7) is 4.37. The maximum absolute atomic E-state index is 13.5. The molecule has 9 heteroatoms. The first-order valence-corrected chi connectivity index (χ1v) is 10.5. The third kappa shape index (κ3) is 5.28. The van der Waals surface area contributed by atoms with Gasteiger partial charge in [0, 0.05) is 32.6 Å². The van der Waals surface area contributed by atoms with Gasteiger partial charge in [-0.15, -0.1) is 10.2 Å². The smallest absolute Gasteiger partial charge is 0.258 e. The van der Waals surface area contributed by atoms with E-state index in [-0.39, 0.29) is 18.6 Å². The van der Waals surface area contributed by atoms with Crippen LogP contribution in [0.3, 0.4) is 0 Å². The van der Waals surface area contributed by atoms with Gasteiger partial charge in [0.05, 0.1) is 6.04 Å². The van der Waals surface area contributed by atoms with Crippen LogP contribution in [0.5, 0.6) is 5.75 Å². The number of amides is 1. The van der Waals surface area contributed by atoms with Gasteiger partial charge in [-0.2, -0.15) is 0 Å². The Hall–Kier alpha value is -3.33. The van der Waals surface area contributed by atoms with Crippen LogP contribution in [-0.4, -0.2) is 45.3 Å². The first-order chi connectivity index (χ1) is 15.5. The van der Waals surface area contributed by atoms with E-state index in [1.807, 2.05) is 29.7 Å². The Morgan fingerprint density at radius 1 is 1.09 bits per heavy atom. The lowest BCUT2D eigenvalue weighted by molar-refractivity contribution is -0.123. The summed E-state index contributed by atoms with van der Waals surface area (Å²) in [6.07, 6.45) is 0.675. The molecule has 168 valence electrons. The molecule has 1 aliphatic heterocycles. The number of halogens is 2. The number of para-hydroxylation sites is 1. The highest BCUT2D eigenvalue weighted by Crippen LogP contribution is 2.18. The number of fused-ring (bicyclic) bond motifs is 1. The lowest BCUT2D eigenvalue weighted by atomic mass is 10.2. The maximum atomic E-state index is 13.5. The van der Waals surface area contributed by atoms with Crippen LogP contribution >= 0.6 is 0 Å². The Kier molecular flexibility index (Phi) is 6.75. The molecule has 0 radical (unpaired) electrons. The second kappa shape index (κ2) is 9.86. The van der Waals surface area contributed by atoms with Crippen LogP contribution in [0.25, 0.3) is 0 Å². The minimum Gasteiger partial charge on any atom is -0.484 e. The molecule has 1 aliphatic rings. The normalized spacial score (nSPS) is 15.0. The molecule has 1 aromatic heterocycles. The molecule has 0 fully saturated rings. The number of ether oxygens (including phenoxy) is 1. The van der Waals surface area contributed by atoms with Crippen LogP contribution in [0.15, 0.2) is 48.5 Å². The Bertz CT molecular complexity index is 1070. The van der Waals surface area contributed by atoms with Crippen molar-refractivity contribution in [2.75, 3.05) is 19.7 Å². The van der Waals surface area contributed by atoms with Crippen molar-refractivity contribution >= 4 is 5.91 Å². The minimum atomic E-state index is -0.842. The van der Waals surface area contributed by atoms with E-state index in [9.17, 15) is 13.6 Å². The van der Waals surface area contributed by atoms with Crippen LogP contribution in [0.1, 0.15) is 30.2 Å². The zero-order chi connectivity index (χ0) is 22.5. The van der Waals surface area contributed by atoms with Crippen molar-refractivity contribution < 1.29 is 18.3 Å². The number of nitrogens with one attached hydrogen (secondary N) is 1. The Morgan fingerprint density at radius 2 is 1.91 bits per heavy atom. The molecular weight excluding hydrogens is 416 g/mol. The monoisotopic (exact) mass is 441 g/mol. The van der Waals surface area contributed by atoms with Gasteiger partial charge >= 0.3 is 0 Å². The molecule has 0 unspecified atom stereocenters. The van der Waals surface area contributed by atoms with Gasteiger partial charge in [-0.25, -0.2) is 8.78 Å². The van der Waals surface area contributed by atoms with Crippen LogP contribution in [0, 0.1) is 11.6 Å². The summed E-state index contributed by atoms with van der Waals surface area (Å²) in [4.78, 5) is 14.5. The molecule has 1 atom stereocenters. The minimum absolute atomic E-state index is 0.0860. The predicted molar refractivity (Wildman–Crippen MR) is 114 cm³/mol. The highest BCUT2D eigenvalue weighted by molar-refractivity contribution is 5.77. The SMILES string of the molecule is C[C@@H](NC(=O)COc1ccccc1)c1nnc2n1CCN(Cc1ccc(F)c(F)c1)CC2. The molecule has 1 amide bonds. The molecule has 0 aliphatic carbocycles. The molecule has 32 heavy (non-hydrogen) atoms. The van der Waals surface area contributed by atoms with E-state index in [4.69, 9.17) is 4.74 Å². The molecule has 4 rings (SSSR count). The largest absolute Gasteiger partial charge is 0.484 e. The van der Waals surface area contributed by atoms with Gasteiger partial charge in [-0.05, 0) is 36.8 Å². The number of carbonyl (C=O) groups is 1. The fourth-order valence-electron chi connectivity index (χ4n) is 3.78. The highest BCUT2D eigenvalue weighted by Gasteiger charge is 2.23. The van der Waals surface area contributed by atoms with E-state index < -0.39 is 11.6 Å². The average Bonchev–Trinajstić information content (AvgIpc) is 3.10. The average molecular weight is 441 g/mol. The van der Waals surface area contributed by atoms with E-state index in [1.54, 1.807) is 18.2 Å². The number of hydrogen-bond acceptors (Lipinski definition) is 5. The molecule has 0 saturated carbocycles. The second-order valence-corrected chi connectivity index (χ2v) is 7.79. The number of nitrogens with zero attached hydrogens (tertiary/aromatic N) is 4. The van der Waals surface area contributed by atoms with Gasteiger partial charge in [-0.3, -0.25) is 9.69 Å². The number of rotatable bonds is 7. The lowest BCUT2D eigenvalue weighted by Gasteiger charge is -2.20. The third-order valence-corrected chi connectivity index (χ3v) is 5.42. The van der Waals surface area contributed by atoms with Gasteiger partial charge in [0.2, 0.25) is 0 Å². The van der Waals surface area contributed by atoms with Crippen molar-refractivity contribution in [1.82, 2.24) is 25.0 Å². The van der Waals surface area contributed by atoms with Gasteiger partial charge < -0.3 is 14.6 Å². The van der Waals surface area contributed by atoms with Crippen LogP contribution in [0.4, 0.5) is 8.78 Å². The van der Waals surface area contributed by atoms with Crippen molar-refractivity contribution in [3.05, 3.63) is 77.4 Å². The molecule has 0 bridgehead atoms. The van der Waals surface area contributed by atoms with Crippen molar-refractivity contribution in [3.63, 3.8) is 0 Å². The summed E-state index contributed by atoms with van der Waals surface area (Å²) in [6, 6.07) is 12.8. The summed E-state index contributed by atoms with van der Waals surface area (Å²) in [5, 5.41) is 11.5. The first kappa shape index (κ1) is 21.9. The summed E-state index contributed by atoms with van der Waals surface area (Å²) in [5.74, 6) is 0.237. The summed E-state index contributed by atoms with van der Waals surface area (Å²) in [7, 11) is 0. The zero-order valence-corrected chi connectivity index (χ0v) is 17.8. The van der Waals surface area contributed by atoms with Gasteiger partial charge in [-0.1, -0.05) is 24.3 Å². The Labute approximate surface area is 185 Å². The molecule has 0 spiro atoms.